The molecular formula is C16H24N4S. The van der Waals surface area contributed by atoms with Gasteiger partial charge in [0.1, 0.15) is 0 Å². The second kappa shape index (κ2) is 7.88. The van der Waals surface area contributed by atoms with Crippen LogP contribution in [-0.2, 0) is 0 Å². The lowest BCUT2D eigenvalue weighted by Gasteiger charge is -2.28. The van der Waals surface area contributed by atoms with E-state index in [2.05, 4.69) is 9.62 Å². The van der Waals surface area contributed by atoms with E-state index in [0.717, 1.165) is 30.2 Å². The predicted octanol–water partition coefficient (Wildman–Crippen LogP) is 2.96. The molecule has 5 N–H and O–H groups in total. The molecule has 0 amide bonds. The van der Waals surface area contributed by atoms with Gasteiger partial charge in [-0.3, -0.25) is 0 Å². The third-order valence-electron chi connectivity index (χ3n) is 3.60. The Kier molecular flexibility index (Phi) is 5.87. The summed E-state index contributed by atoms with van der Waals surface area (Å²) in [5.74, 6) is 0.799. The van der Waals surface area contributed by atoms with E-state index in [9.17, 15) is 0 Å². The van der Waals surface area contributed by atoms with Gasteiger partial charge in [-0.15, -0.1) is 0 Å². The molecule has 0 bridgehead atoms. The van der Waals surface area contributed by atoms with Gasteiger partial charge in [0.05, 0.1) is 11.5 Å². The van der Waals surface area contributed by atoms with Crippen LogP contribution in [0.25, 0.3) is 5.70 Å². The second-order valence-corrected chi connectivity index (χ2v) is 5.73. The van der Waals surface area contributed by atoms with E-state index in [1.165, 1.54) is 19.3 Å². The first-order chi connectivity index (χ1) is 10.2. The monoisotopic (exact) mass is 304 g/mol. The molecule has 0 radical (unpaired) electrons. The number of para-hydroxylation sites is 1. The molecule has 4 nitrogen and oxygen atoms in total. The van der Waals surface area contributed by atoms with Crippen molar-refractivity contribution in [1.82, 2.24) is 4.90 Å². The molecular weight excluding hydrogens is 280 g/mol. The summed E-state index contributed by atoms with van der Waals surface area (Å²) in [6.07, 6.45) is 9.53. The molecule has 1 aromatic rings. The van der Waals surface area contributed by atoms with Gasteiger partial charge in [-0.2, -0.15) is 0 Å². The van der Waals surface area contributed by atoms with Crippen LogP contribution in [0.4, 0.5) is 5.69 Å². The highest BCUT2D eigenvalue weighted by atomic mass is 32.2. The van der Waals surface area contributed by atoms with Crippen LogP contribution < -0.4 is 16.2 Å². The number of likely N-dealkylation sites (tertiary alicyclic amines) is 1. The zero-order valence-electron chi connectivity index (χ0n) is 12.5. The van der Waals surface area contributed by atoms with Crippen LogP contribution in [0.15, 0.2) is 42.2 Å². The van der Waals surface area contributed by atoms with Crippen molar-refractivity contribution in [3.63, 3.8) is 0 Å². The molecule has 1 aliphatic heterocycles. The molecule has 1 fully saturated rings. The van der Waals surface area contributed by atoms with Crippen LogP contribution in [0.3, 0.4) is 0 Å². The van der Waals surface area contributed by atoms with Crippen molar-refractivity contribution < 1.29 is 0 Å². The molecule has 2 rings (SSSR count). The van der Waals surface area contributed by atoms with E-state index in [0.29, 0.717) is 5.70 Å². The van der Waals surface area contributed by atoms with Crippen LogP contribution in [0.1, 0.15) is 24.8 Å². The fraction of sp³-hybridized carbons (Fsp3) is 0.375. The third kappa shape index (κ3) is 4.36. The Labute approximate surface area is 131 Å². The first-order valence-corrected chi connectivity index (χ1v) is 8.51. The molecule has 1 aliphatic rings. The van der Waals surface area contributed by atoms with E-state index in [1.807, 2.05) is 42.7 Å². The van der Waals surface area contributed by atoms with Gasteiger partial charge in [-0.05, 0) is 37.5 Å². The Balaban J connectivity index is 2.13. The molecule has 21 heavy (non-hydrogen) atoms. The molecule has 0 saturated carbocycles. The third-order valence-corrected chi connectivity index (χ3v) is 4.03. The maximum Gasteiger partial charge on any atom is 0.0987 e. The van der Waals surface area contributed by atoms with Gasteiger partial charge < -0.3 is 21.1 Å². The maximum absolute atomic E-state index is 6.20. The molecule has 114 valence electrons. The van der Waals surface area contributed by atoms with E-state index >= 15 is 0 Å². The lowest BCUT2D eigenvalue weighted by atomic mass is 10.1. The number of nitrogens with one attached hydrogen (secondary N) is 1. The number of benzene rings is 1. The number of piperidine rings is 1. The summed E-state index contributed by atoms with van der Waals surface area (Å²) in [6, 6.07) is 8.01. The molecule has 0 atom stereocenters. The zero-order valence-corrected chi connectivity index (χ0v) is 13.3. The van der Waals surface area contributed by atoms with E-state index in [1.54, 1.807) is 11.9 Å². The number of rotatable bonds is 5. The summed E-state index contributed by atoms with van der Waals surface area (Å²) >= 11 is 1.55. The van der Waals surface area contributed by atoms with Gasteiger partial charge in [0, 0.05) is 30.6 Å². The van der Waals surface area contributed by atoms with Crippen molar-refractivity contribution in [2.75, 3.05) is 24.1 Å². The van der Waals surface area contributed by atoms with Crippen LogP contribution >= 0.6 is 11.9 Å². The minimum Gasteiger partial charge on any atom is -0.398 e. The van der Waals surface area contributed by atoms with Crippen molar-refractivity contribution in [1.29, 1.82) is 0 Å². The zero-order chi connectivity index (χ0) is 15.1. The van der Waals surface area contributed by atoms with Crippen LogP contribution in [0.2, 0.25) is 0 Å². The minimum absolute atomic E-state index is 0.715. The van der Waals surface area contributed by atoms with Crippen LogP contribution in [0.5, 0.6) is 0 Å². The highest BCUT2D eigenvalue weighted by molar-refractivity contribution is 7.99. The SMILES string of the molecule is CSNc1ccccc1/C(N)=C/C=C(\N)N1CCCCC1. The molecule has 0 unspecified atom stereocenters. The molecule has 1 heterocycles. The summed E-state index contributed by atoms with van der Waals surface area (Å²) in [5, 5.41) is 0. The van der Waals surface area contributed by atoms with Gasteiger partial charge in [-0.1, -0.05) is 30.1 Å². The van der Waals surface area contributed by atoms with Gasteiger partial charge in [0.25, 0.3) is 0 Å². The molecule has 0 aromatic heterocycles. The van der Waals surface area contributed by atoms with E-state index < -0.39 is 0 Å². The van der Waals surface area contributed by atoms with Gasteiger partial charge >= 0.3 is 0 Å². The summed E-state index contributed by atoms with van der Waals surface area (Å²) in [5.41, 5.74) is 15.1. The number of nitrogens with zero attached hydrogens (tertiary/aromatic N) is 1. The molecule has 1 saturated heterocycles. The van der Waals surface area contributed by atoms with E-state index in [4.69, 9.17) is 11.5 Å². The van der Waals surface area contributed by atoms with Crippen molar-refractivity contribution in [2.24, 2.45) is 11.5 Å². The van der Waals surface area contributed by atoms with Crippen molar-refractivity contribution >= 4 is 23.3 Å². The summed E-state index contributed by atoms with van der Waals surface area (Å²) in [7, 11) is 0. The Morgan fingerprint density at radius 3 is 2.57 bits per heavy atom. The second-order valence-electron chi connectivity index (χ2n) is 5.11. The van der Waals surface area contributed by atoms with Crippen LogP contribution in [-0.4, -0.2) is 24.2 Å². The number of hydrogen-bond donors (Lipinski definition) is 3. The summed E-state index contributed by atoms with van der Waals surface area (Å²) in [6.45, 7) is 2.08. The van der Waals surface area contributed by atoms with Crippen LogP contribution in [0, 0.1) is 0 Å². The number of allylic oxidation sites excluding steroid dienone is 2. The van der Waals surface area contributed by atoms with Crippen molar-refractivity contribution in [2.45, 2.75) is 19.3 Å². The van der Waals surface area contributed by atoms with Gasteiger partial charge in [-0.25, -0.2) is 0 Å². The standard InChI is InChI=1S/C16H24N4S/c1-21-19-15-8-4-3-7-13(15)14(17)9-10-16(18)20-11-5-2-6-12-20/h3-4,7-10,19H,2,5-6,11-12,17-18H2,1H3/b14-9-,16-10+. The lowest BCUT2D eigenvalue weighted by molar-refractivity contribution is 0.282. The van der Waals surface area contributed by atoms with E-state index in [-0.39, 0.29) is 0 Å². The first kappa shape index (κ1) is 15.6. The van der Waals surface area contributed by atoms with Gasteiger partial charge in [0.2, 0.25) is 0 Å². The predicted molar refractivity (Wildman–Crippen MR) is 93.4 cm³/mol. The Morgan fingerprint density at radius 2 is 1.86 bits per heavy atom. The smallest absolute Gasteiger partial charge is 0.0987 e. The van der Waals surface area contributed by atoms with Gasteiger partial charge in [0.15, 0.2) is 0 Å². The average Bonchev–Trinajstić information content (AvgIpc) is 2.54. The first-order valence-electron chi connectivity index (χ1n) is 7.28. The average molecular weight is 304 g/mol. The Morgan fingerprint density at radius 1 is 1.14 bits per heavy atom. The quantitative estimate of drug-likeness (QED) is 0.576. The number of nitrogens with two attached hydrogens (primary N) is 2. The number of anilines is 1. The largest absolute Gasteiger partial charge is 0.398 e. The van der Waals surface area contributed by atoms with Crippen molar-refractivity contribution in [3.8, 4) is 0 Å². The molecule has 5 heteroatoms. The number of hydrogen-bond acceptors (Lipinski definition) is 5. The summed E-state index contributed by atoms with van der Waals surface area (Å²) in [4.78, 5) is 2.22. The van der Waals surface area contributed by atoms with Crippen molar-refractivity contribution in [3.05, 3.63) is 47.8 Å². The molecule has 0 spiro atoms. The maximum atomic E-state index is 6.20. The minimum atomic E-state index is 0.715. The Hall–Kier alpha value is -1.75. The lowest BCUT2D eigenvalue weighted by Crippen LogP contribution is -2.32. The molecule has 1 aromatic carbocycles. The highest BCUT2D eigenvalue weighted by Crippen LogP contribution is 2.22. The highest BCUT2D eigenvalue weighted by Gasteiger charge is 2.10. The fourth-order valence-corrected chi connectivity index (χ4v) is 2.85. The Bertz CT molecular complexity index is 519. The topological polar surface area (TPSA) is 67.3 Å². The normalized spacial score (nSPS) is 16.9. The molecule has 0 aliphatic carbocycles. The fourth-order valence-electron chi connectivity index (χ4n) is 2.46. The summed E-state index contributed by atoms with van der Waals surface area (Å²) < 4.78 is 3.24.